The number of benzene rings is 1. The van der Waals surface area contributed by atoms with Crippen LogP contribution in [-0.4, -0.2) is 27.9 Å². The van der Waals surface area contributed by atoms with E-state index in [0.717, 1.165) is 20.8 Å². The van der Waals surface area contributed by atoms with Crippen LogP contribution in [0.25, 0.3) is 20.8 Å². The first-order valence-corrected chi connectivity index (χ1v) is 10.0. The Morgan fingerprint density at radius 2 is 2.00 bits per heavy atom. The molecule has 3 heterocycles. The molecule has 136 valence electrons. The lowest BCUT2D eigenvalue weighted by Crippen LogP contribution is -2.09. The number of thiophene rings is 1. The summed E-state index contributed by atoms with van der Waals surface area (Å²) >= 11 is 9.01. The highest BCUT2D eigenvalue weighted by atomic mass is 35.5. The molecule has 0 saturated carbocycles. The zero-order valence-electron chi connectivity index (χ0n) is 14.4. The van der Waals surface area contributed by atoms with Crippen molar-refractivity contribution in [3.05, 3.63) is 52.0 Å². The van der Waals surface area contributed by atoms with Crippen molar-refractivity contribution in [3.8, 4) is 10.6 Å². The van der Waals surface area contributed by atoms with Gasteiger partial charge in [0.1, 0.15) is 5.52 Å². The van der Waals surface area contributed by atoms with Gasteiger partial charge < -0.3 is 5.32 Å². The molecule has 1 amide bonds. The van der Waals surface area contributed by atoms with E-state index in [1.165, 1.54) is 22.7 Å². The summed E-state index contributed by atoms with van der Waals surface area (Å²) in [4.78, 5) is 27.0. The number of amides is 1. The second-order valence-electron chi connectivity index (χ2n) is 5.75. The molecule has 3 aromatic heterocycles. The van der Waals surface area contributed by atoms with Gasteiger partial charge in [0, 0.05) is 13.2 Å². The minimum atomic E-state index is -0.207. The molecule has 1 aromatic carbocycles. The van der Waals surface area contributed by atoms with Crippen LogP contribution in [-0.2, 0) is 0 Å². The second kappa shape index (κ2) is 7.22. The van der Waals surface area contributed by atoms with Crippen molar-refractivity contribution in [1.29, 1.82) is 0 Å². The average Bonchev–Trinajstić information content (AvgIpc) is 3.29. The number of nitrogens with one attached hydrogen (secondary N) is 2. The Labute approximate surface area is 168 Å². The number of aromatic nitrogens is 3. The summed E-state index contributed by atoms with van der Waals surface area (Å²) in [6.45, 7) is 1.98. The Balaban J connectivity index is 1.57. The molecule has 2 N–H and O–H groups in total. The van der Waals surface area contributed by atoms with E-state index in [1.807, 2.05) is 31.2 Å². The van der Waals surface area contributed by atoms with Crippen molar-refractivity contribution in [2.45, 2.75) is 6.92 Å². The van der Waals surface area contributed by atoms with E-state index in [4.69, 9.17) is 11.6 Å². The molecule has 4 aromatic rings. The molecule has 0 atom stereocenters. The maximum absolute atomic E-state index is 12.6. The maximum atomic E-state index is 12.6. The van der Waals surface area contributed by atoms with Gasteiger partial charge in [-0.05, 0) is 42.8 Å². The second-order valence-corrected chi connectivity index (χ2v) is 8.27. The molecule has 4 rings (SSSR count). The van der Waals surface area contributed by atoms with Crippen molar-refractivity contribution in [1.82, 2.24) is 15.0 Å². The molecule has 0 spiro atoms. The van der Waals surface area contributed by atoms with Crippen LogP contribution in [0.1, 0.15) is 15.2 Å². The van der Waals surface area contributed by atoms with Gasteiger partial charge in [-0.25, -0.2) is 15.0 Å². The molecule has 0 aliphatic carbocycles. The molecule has 0 fully saturated rings. The normalized spacial score (nSPS) is 10.9. The highest BCUT2D eigenvalue weighted by Gasteiger charge is 2.15. The Morgan fingerprint density at radius 3 is 2.81 bits per heavy atom. The monoisotopic (exact) mass is 415 g/mol. The van der Waals surface area contributed by atoms with Gasteiger partial charge in [-0.3, -0.25) is 10.1 Å². The third-order valence-electron chi connectivity index (χ3n) is 3.77. The van der Waals surface area contributed by atoms with Crippen LogP contribution in [0.2, 0.25) is 5.02 Å². The fourth-order valence-electron chi connectivity index (χ4n) is 2.54. The van der Waals surface area contributed by atoms with Crippen LogP contribution in [0.4, 0.5) is 11.1 Å². The Kier molecular flexibility index (Phi) is 4.77. The summed E-state index contributed by atoms with van der Waals surface area (Å²) in [7, 11) is 1.76. The van der Waals surface area contributed by atoms with Crippen LogP contribution in [0, 0.1) is 6.92 Å². The number of rotatable bonds is 4. The van der Waals surface area contributed by atoms with Crippen molar-refractivity contribution in [2.75, 3.05) is 17.7 Å². The minimum Gasteiger partial charge on any atom is -0.357 e. The summed E-state index contributed by atoms with van der Waals surface area (Å²) in [6.07, 6.45) is 1.68. The van der Waals surface area contributed by atoms with E-state index >= 15 is 0 Å². The van der Waals surface area contributed by atoms with Crippen molar-refractivity contribution in [2.24, 2.45) is 0 Å². The van der Waals surface area contributed by atoms with E-state index in [2.05, 4.69) is 25.6 Å². The number of halogens is 1. The molecule has 27 heavy (non-hydrogen) atoms. The van der Waals surface area contributed by atoms with Gasteiger partial charge in [-0.2, -0.15) is 0 Å². The number of aryl methyl sites for hydroxylation is 1. The van der Waals surface area contributed by atoms with Crippen molar-refractivity contribution >= 4 is 61.5 Å². The quantitative estimate of drug-likeness (QED) is 0.486. The summed E-state index contributed by atoms with van der Waals surface area (Å²) in [6, 6.07) is 9.33. The number of carbonyl (C=O) groups excluding carboxylic acids is 1. The Morgan fingerprint density at radius 1 is 1.15 bits per heavy atom. The fourth-order valence-corrected chi connectivity index (χ4v) is 4.77. The molecule has 9 heteroatoms. The SMILES string of the molecule is CNc1nccc(-c2ccc(C(=O)Nc3nc4c(Cl)cc(C)cc4s3)s2)n1. The Hall–Kier alpha value is -2.55. The lowest BCUT2D eigenvalue weighted by molar-refractivity contribution is 0.103. The first kappa shape index (κ1) is 17.8. The largest absolute Gasteiger partial charge is 0.357 e. The molecule has 0 unspecified atom stereocenters. The molecule has 0 saturated heterocycles. The van der Waals surface area contributed by atoms with Crippen LogP contribution in [0.3, 0.4) is 0 Å². The van der Waals surface area contributed by atoms with Crippen LogP contribution >= 0.6 is 34.3 Å². The topological polar surface area (TPSA) is 79.8 Å². The van der Waals surface area contributed by atoms with Gasteiger partial charge in [0.25, 0.3) is 5.91 Å². The first-order chi connectivity index (χ1) is 13.0. The van der Waals surface area contributed by atoms with Gasteiger partial charge in [0.05, 0.1) is 25.2 Å². The molecule has 0 aliphatic rings. The van der Waals surface area contributed by atoms with E-state index in [0.29, 0.717) is 26.5 Å². The summed E-state index contributed by atoms with van der Waals surface area (Å²) in [5, 5.41) is 6.88. The minimum absolute atomic E-state index is 0.207. The van der Waals surface area contributed by atoms with E-state index in [1.54, 1.807) is 19.3 Å². The first-order valence-electron chi connectivity index (χ1n) is 8.02. The molecule has 0 bridgehead atoms. The van der Waals surface area contributed by atoms with Crippen LogP contribution in [0.5, 0.6) is 0 Å². The molecular formula is C18H14ClN5OS2. The molecule has 0 aliphatic heterocycles. The van der Waals surface area contributed by atoms with Gasteiger partial charge in [0.15, 0.2) is 5.13 Å². The lowest BCUT2D eigenvalue weighted by Gasteiger charge is -2.00. The average molecular weight is 416 g/mol. The Bertz CT molecular complexity index is 1150. The zero-order chi connectivity index (χ0) is 19.0. The number of thiazole rings is 1. The van der Waals surface area contributed by atoms with E-state index in [9.17, 15) is 4.79 Å². The summed E-state index contributed by atoms with van der Waals surface area (Å²) < 4.78 is 0.947. The molecule has 6 nitrogen and oxygen atoms in total. The number of hydrogen-bond acceptors (Lipinski definition) is 7. The maximum Gasteiger partial charge on any atom is 0.267 e. The van der Waals surface area contributed by atoms with Gasteiger partial charge in [-0.1, -0.05) is 22.9 Å². The third kappa shape index (κ3) is 3.64. The van der Waals surface area contributed by atoms with Crippen LogP contribution < -0.4 is 10.6 Å². The highest BCUT2D eigenvalue weighted by molar-refractivity contribution is 7.22. The third-order valence-corrected chi connectivity index (χ3v) is 6.09. The predicted molar refractivity (Wildman–Crippen MR) is 112 cm³/mol. The van der Waals surface area contributed by atoms with Crippen LogP contribution in [0.15, 0.2) is 36.5 Å². The molecule has 0 radical (unpaired) electrons. The summed E-state index contributed by atoms with van der Waals surface area (Å²) in [5.74, 6) is 0.328. The van der Waals surface area contributed by atoms with Crippen molar-refractivity contribution in [3.63, 3.8) is 0 Å². The molecular weight excluding hydrogens is 402 g/mol. The summed E-state index contributed by atoms with van der Waals surface area (Å²) in [5.41, 5.74) is 2.53. The number of carbonyl (C=O) groups is 1. The number of nitrogens with zero attached hydrogens (tertiary/aromatic N) is 3. The van der Waals surface area contributed by atoms with Gasteiger partial charge >= 0.3 is 0 Å². The smallest absolute Gasteiger partial charge is 0.267 e. The zero-order valence-corrected chi connectivity index (χ0v) is 16.8. The fraction of sp³-hybridized carbons (Fsp3) is 0.111. The predicted octanol–water partition coefficient (Wildman–Crippen LogP) is 5.07. The van der Waals surface area contributed by atoms with Gasteiger partial charge in [0.2, 0.25) is 5.95 Å². The number of anilines is 2. The van der Waals surface area contributed by atoms with Crippen molar-refractivity contribution < 1.29 is 4.79 Å². The van der Waals surface area contributed by atoms with Gasteiger partial charge in [-0.15, -0.1) is 11.3 Å². The number of hydrogen-bond donors (Lipinski definition) is 2. The lowest BCUT2D eigenvalue weighted by atomic mass is 10.2. The van der Waals surface area contributed by atoms with E-state index in [-0.39, 0.29) is 5.91 Å². The van der Waals surface area contributed by atoms with E-state index < -0.39 is 0 Å². The highest BCUT2D eigenvalue weighted by Crippen LogP contribution is 2.33. The standard InChI is InChI=1S/C18H14ClN5OS2/c1-9-7-10(19)15-14(8-9)27-18(23-15)24-16(25)13-4-3-12(26-13)11-5-6-21-17(20-2)22-11/h3-8H,1-2H3,(H,20,21,22)(H,23,24,25). The number of fused-ring (bicyclic) bond motifs is 1.